The monoisotopic (exact) mass is 265 g/mol. The molecule has 4 atom stereocenters. The van der Waals surface area contributed by atoms with Crippen LogP contribution in [0.3, 0.4) is 0 Å². The predicted octanol–water partition coefficient (Wildman–Crippen LogP) is 3.75. The zero-order valence-corrected chi connectivity index (χ0v) is 12.6. The Morgan fingerprint density at radius 3 is 2.84 bits per heavy atom. The number of hydrogen-bond acceptors (Lipinski definition) is 2. The van der Waals surface area contributed by atoms with E-state index in [0.717, 1.165) is 25.0 Å². The van der Waals surface area contributed by atoms with E-state index in [1.165, 1.54) is 64.3 Å². The highest BCUT2D eigenvalue weighted by Crippen LogP contribution is 2.57. The summed E-state index contributed by atoms with van der Waals surface area (Å²) in [7, 11) is 0. The molecule has 19 heavy (non-hydrogen) atoms. The van der Waals surface area contributed by atoms with E-state index in [0.29, 0.717) is 11.5 Å². The van der Waals surface area contributed by atoms with E-state index in [4.69, 9.17) is 4.74 Å². The Morgan fingerprint density at radius 1 is 1.26 bits per heavy atom. The fraction of sp³-hybridized carbons (Fsp3) is 1.00. The molecule has 2 heteroatoms. The van der Waals surface area contributed by atoms with E-state index in [1.54, 1.807) is 0 Å². The van der Waals surface area contributed by atoms with Crippen LogP contribution in [0, 0.1) is 17.3 Å². The molecule has 2 bridgehead atoms. The summed E-state index contributed by atoms with van der Waals surface area (Å²) in [5.41, 5.74) is 0.650. The first-order valence-corrected chi connectivity index (χ1v) is 8.65. The summed E-state index contributed by atoms with van der Waals surface area (Å²) in [5.74, 6) is 2.09. The van der Waals surface area contributed by atoms with Crippen LogP contribution in [0.1, 0.15) is 64.7 Å². The molecule has 110 valence electrons. The molecule has 0 aromatic heterocycles. The first-order valence-electron chi connectivity index (χ1n) is 8.65. The first kappa shape index (κ1) is 13.9. The summed E-state index contributed by atoms with van der Waals surface area (Å²) in [6.45, 7) is 5.66. The molecule has 2 nitrogen and oxygen atoms in total. The van der Waals surface area contributed by atoms with Crippen molar-refractivity contribution < 1.29 is 4.74 Å². The first-order chi connectivity index (χ1) is 9.32. The molecule has 0 aromatic rings. The third-order valence-electron chi connectivity index (χ3n) is 6.05. The van der Waals surface area contributed by atoms with Gasteiger partial charge in [0.25, 0.3) is 0 Å². The fourth-order valence-electron chi connectivity index (χ4n) is 5.10. The van der Waals surface area contributed by atoms with E-state index >= 15 is 0 Å². The van der Waals surface area contributed by atoms with Crippen LogP contribution >= 0.6 is 0 Å². The van der Waals surface area contributed by atoms with Crippen LogP contribution in [0.5, 0.6) is 0 Å². The summed E-state index contributed by atoms with van der Waals surface area (Å²) >= 11 is 0. The molecule has 3 rings (SSSR count). The number of rotatable bonds is 7. The van der Waals surface area contributed by atoms with E-state index < -0.39 is 0 Å². The topological polar surface area (TPSA) is 21.3 Å². The molecule has 2 saturated carbocycles. The summed E-state index contributed by atoms with van der Waals surface area (Å²) in [4.78, 5) is 0. The smallest absolute Gasteiger partial charge is 0.0576 e. The van der Waals surface area contributed by atoms with Gasteiger partial charge in [0.2, 0.25) is 0 Å². The van der Waals surface area contributed by atoms with Gasteiger partial charge < -0.3 is 10.1 Å². The van der Waals surface area contributed by atoms with Crippen molar-refractivity contribution in [2.24, 2.45) is 17.3 Å². The van der Waals surface area contributed by atoms with Gasteiger partial charge in [-0.05, 0) is 68.7 Å². The second-order valence-electron chi connectivity index (χ2n) is 7.25. The Labute approximate surface area is 118 Å². The fourth-order valence-corrected chi connectivity index (χ4v) is 5.10. The van der Waals surface area contributed by atoms with Crippen molar-refractivity contribution in [1.82, 2.24) is 5.32 Å². The molecule has 3 aliphatic rings. The summed E-state index contributed by atoms with van der Waals surface area (Å²) < 4.78 is 5.78. The third kappa shape index (κ3) is 3.00. The van der Waals surface area contributed by atoms with Crippen LogP contribution in [0.25, 0.3) is 0 Å². The van der Waals surface area contributed by atoms with E-state index in [-0.39, 0.29) is 0 Å². The van der Waals surface area contributed by atoms with Crippen LogP contribution in [-0.4, -0.2) is 25.8 Å². The van der Waals surface area contributed by atoms with Gasteiger partial charge in [0.1, 0.15) is 0 Å². The number of nitrogens with one attached hydrogen (secondary N) is 1. The molecule has 4 unspecified atom stereocenters. The standard InChI is InChI=1S/C17H31NO/c1-2-18-13-17(12-14-7-8-15(17)11-14)9-3-5-16-6-4-10-19-16/h14-16,18H,2-13H2,1H3. The normalized spacial score (nSPS) is 41.2. The van der Waals surface area contributed by atoms with Gasteiger partial charge in [0, 0.05) is 13.2 Å². The van der Waals surface area contributed by atoms with Gasteiger partial charge in [0.15, 0.2) is 0 Å². The maximum Gasteiger partial charge on any atom is 0.0576 e. The van der Waals surface area contributed by atoms with Crippen LogP contribution in [-0.2, 0) is 4.74 Å². The Kier molecular flexibility index (Phi) is 4.48. The molecule has 2 aliphatic carbocycles. The number of fused-ring (bicyclic) bond motifs is 2. The Balaban J connectivity index is 1.51. The molecule has 1 saturated heterocycles. The average Bonchev–Trinajstić information content (AvgIpc) is 3.13. The van der Waals surface area contributed by atoms with Gasteiger partial charge in [-0.1, -0.05) is 19.8 Å². The SMILES string of the molecule is CCNCC1(CCCC2CCCO2)CC2CCC1C2. The highest BCUT2D eigenvalue weighted by Gasteiger charge is 2.49. The minimum absolute atomic E-state index is 0.592. The molecule has 0 amide bonds. The van der Waals surface area contributed by atoms with Gasteiger partial charge in [-0.3, -0.25) is 0 Å². The minimum atomic E-state index is 0.592. The van der Waals surface area contributed by atoms with E-state index in [2.05, 4.69) is 12.2 Å². The predicted molar refractivity (Wildman–Crippen MR) is 79.2 cm³/mol. The zero-order chi connectivity index (χ0) is 13.1. The van der Waals surface area contributed by atoms with Crippen molar-refractivity contribution in [3.63, 3.8) is 0 Å². The van der Waals surface area contributed by atoms with Gasteiger partial charge in [-0.15, -0.1) is 0 Å². The minimum Gasteiger partial charge on any atom is -0.378 e. The number of hydrogen-bond donors (Lipinski definition) is 1. The van der Waals surface area contributed by atoms with Crippen LogP contribution in [0.2, 0.25) is 0 Å². The molecule has 0 radical (unpaired) electrons. The van der Waals surface area contributed by atoms with Crippen molar-refractivity contribution in [2.75, 3.05) is 19.7 Å². The van der Waals surface area contributed by atoms with Crippen molar-refractivity contribution in [2.45, 2.75) is 70.8 Å². The van der Waals surface area contributed by atoms with E-state index in [9.17, 15) is 0 Å². The summed E-state index contributed by atoms with van der Waals surface area (Å²) in [6.07, 6.45) is 13.4. The van der Waals surface area contributed by atoms with Crippen molar-refractivity contribution in [3.05, 3.63) is 0 Å². The summed E-state index contributed by atoms with van der Waals surface area (Å²) in [6, 6.07) is 0. The maximum absolute atomic E-state index is 5.78. The lowest BCUT2D eigenvalue weighted by molar-refractivity contribution is 0.0882. The molecular weight excluding hydrogens is 234 g/mol. The van der Waals surface area contributed by atoms with Crippen molar-refractivity contribution in [3.8, 4) is 0 Å². The zero-order valence-electron chi connectivity index (χ0n) is 12.6. The third-order valence-corrected chi connectivity index (χ3v) is 6.05. The van der Waals surface area contributed by atoms with Crippen LogP contribution in [0.15, 0.2) is 0 Å². The largest absolute Gasteiger partial charge is 0.378 e. The van der Waals surface area contributed by atoms with Gasteiger partial charge in [0.05, 0.1) is 6.10 Å². The Morgan fingerprint density at radius 2 is 2.21 bits per heavy atom. The van der Waals surface area contributed by atoms with E-state index in [1.807, 2.05) is 0 Å². The Bertz CT molecular complexity index is 287. The lowest BCUT2D eigenvalue weighted by Gasteiger charge is -2.38. The molecular formula is C17H31NO. The van der Waals surface area contributed by atoms with Crippen molar-refractivity contribution in [1.29, 1.82) is 0 Å². The molecule has 1 N–H and O–H groups in total. The molecule has 1 heterocycles. The number of ether oxygens (including phenoxy) is 1. The molecule has 3 fully saturated rings. The maximum atomic E-state index is 5.78. The molecule has 0 aromatic carbocycles. The van der Waals surface area contributed by atoms with Crippen molar-refractivity contribution >= 4 is 0 Å². The highest BCUT2D eigenvalue weighted by molar-refractivity contribution is 5.01. The summed E-state index contributed by atoms with van der Waals surface area (Å²) in [5, 5.41) is 3.66. The second-order valence-corrected chi connectivity index (χ2v) is 7.25. The van der Waals surface area contributed by atoms with Crippen LogP contribution < -0.4 is 5.32 Å². The van der Waals surface area contributed by atoms with Crippen LogP contribution in [0.4, 0.5) is 0 Å². The van der Waals surface area contributed by atoms with Gasteiger partial charge in [-0.25, -0.2) is 0 Å². The Hall–Kier alpha value is -0.0800. The lowest BCUT2D eigenvalue weighted by atomic mass is 9.69. The second kappa shape index (κ2) is 6.13. The highest BCUT2D eigenvalue weighted by atomic mass is 16.5. The molecule has 0 spiro atoms. The quantitative estimate of drug-likeness (QED) is 0.757. The lowest BCUT2D eigenvalue weighted by Crippen LogP contribution is -2.38. The average molecular weight is 265 g/mol. The van der Waals surface area contributed by atoms with Gasteiger partial charge >= 0.3 is 0 Å². The molecule has 1 aliphatic heterocycles. The van der Waals surface area contributed by atoms with Gasteiger partial charge in [-0.2, -0.15) is 0 Å².